The fourth-order valence-corrected chi connectivity index (χ4v) is 1.49. The summed E-state index contributed by atoms with van der Waals surface area (Å²) in [6.07, 6.45) is 0. The van der Waals surface area contributed by atoms with E-state index in [9.17, 15) is 4.39 Å². The van der Waals surface area contributed by atoms with E-state index >= 15 is 0 Å². The molecule has 0 saturated heterocycles. The zero-order chi connectivity index (χ0) is 10.6. The molecule has 0 amide bonds. The zero-order valence-electron chi connectivity index (χ0n) is 8.70. The van der Waals surface area contributed by atoms with E-state index in [2.05, 4.69) is 4.90 Å². The van der Waals surface area contributed by atoms with E-state index in [4.69, 9.17) is 5.73 Å². The molecule has 3 heteroatoms. The molecule has 0 spiro atoms. The molecule has 1 atom stereocenters. The Hall–Kier alpha value is -0.930. The van der Waals surface area contributed by atoms with Crippen molar-refractivity contribution in [1.29, 1.82) is 0 Å². The van der Waals surface area contributed by atoms with Crippen LogP contribution in [0.25, 0.3) is 0 Å². The number of halogens is 1. The molecule has 2 nitrogen and oxygen atoms in total. The Kier molecular flexibility index (Phi) is 4.04. The van der Waals surface area contributed by atoms with Crippen LogP contribution < -0.4 is 5.73 Å². The third kappa shape index (κ3) is 3.09. The lowest BCUT2D eigenvalue weighted by Gasteiger charge is -2.19. The minimum Gasteiger partial charge on any atom is -0.330 e. The van der Waals surface area contributed by atoms with Crippen LogP contribution in [0.4, 0.5) is 4.39 Å². The molecule has 0 radical (unpaired) electrons. The Labute approximate surface area is 84.5 Å². The number of benzene rings is 1. The zero-order valence-corrected chi connectivity index (χ0v) is 8.70. The molecule has 0 saturated carbocycles. The van der Waals surface area contributed by atoms with Crippen LogP contribution in [0.1, 0.15) is 11.5 Å². The molecule has 1 aromatic rings. The van der Waals surface area contributed by atoms with Crippen LogP contribution in [0.3, 0.4) is 0 Å². The van der Waals surface area contributed by atoms with E-state index in [0.717, 1.165) is 12.1 Å². The van der Waals surface area contributed by atoms with E-state index in [-0.39, 0.29) is 11.7 Å². The molecule has 78 valence electrons. The van der Waals surface area contributed by atoms with E-state index in [1.807, 2.05) is 14.1 Å². The summed E-state index contributed by atoms with van der Waals surface area (Å²) < 4.78 is 12.7. The molecule has 0 fully saturated rings. The van der Waals surface area contributed by atoms with Crippen molar-refractivity contribution in [3.05, 3.63) is 35.6 Å². The maximum atomic E-state index is 12.7. The van der Waals surface area contributed by atoms with Crippen molar-refractivity contribution in [2.75, 3.05) is 27.2 Å². The standard InChI is InChI=1S/C11H17FN2/c1-14(2)8-10(7-13)9-3-5-11(12)6-4-9/h3-6,10H,7-8,13H2,1-2H3. The average Bonchev–Trinajstić information content (AvgIpc) is 2.15. The molecule has 0 heterocycles. The average molecular weight is 196 g/mol. The van der Waals surface area contributed by atoms with E-state index in [1.54, 1.807) is 12.1 Å². The molecule has 0 aliphatic rings. The molecule has 1 unspecified atom stereocenters. The summed E-state index contributed by atoms with van der Waals surface area (Å²) >= 11 is 0. The third-order valence-corrected chi connectivity index (χ3v) is 2.21. The van der Waals surface area contributed by atoms with Gasteiger partial charge in [-0.2, -0.15) is 0 Å². The maximum Gasteiger partial charge on any atom is 0.123 e. The molecule has 0 aromatic heterocycles. The van der Waals surface area contributed by atoms with Crippen LogP contribution in [-0.4, -0.2) is 32.1 Å². The van der Waals surface area contributed by atoms with Crippen molar-refractivity contribution >= 4 is 0 Å². The number of hydrogen-bond acceptors (Lipinski definition) is 2. The highest BCUT2D eigenvalue weighted by molar-refractivity contribution is 5.21. The van der Waals surface area contributed by atoms with Gasteiger partial charge in [-0.1, -0.05) is 12.1 Å². The SMILES string of the molecule is CN(C)CC(CN)c1ccc(F)cc1. The minimum atomic E-state index is -0.200. The van der Waals surface area contributed by atoms with Crippen LogP contribution in [0.15, 0.2) is 24.3 Å². The van der Waals surface area contributed by atoms with E-state index in [0.29, 0.717) is 6.54 Å². The predicted molar refractivity (Wildman–Crippen MR) is 56.7 cm³/mol. The molecule has 0 bridgehead atoms. The smallest absolute Gasteiger partial charge is 0.123 e. The summed E-state index contributed by atoms with van der Waals surface area (Å²) in [5.41, 5.74) is 6.77. The first-order valence-electron chi connectivity index (χ1n) is 4.73. The van der Waals surface area contributed by atoms with Gasteiger partial charge in [0.1, 0.15) is 5.82 Å². The van der Waals surface area contributed by atoms with E-state index < -0.39 is 0 Å². The number of nitrogens with two attached hydrogens (primary N) is 1. The van der Waals surface area contributed by atoms with Crippen molar-refractivity contribution in [2.24, 2.45) is 5.73 Å². The number of likely N-dealkylation sites (N-methyl/N-ethyl adjacent to an activating group) is 1. The third-order valence-electron chi connectivity index (χ3n) is 2.21. The van der Waals surface area contributed by atoms with Gasteiger partial charge in [0.25, 0.3) is 0 Å². The number of nitrogens with zero attached hydrogens (tertiary/aromatic N) is 1. The Bertz CT molecular complexity index is 269. The molecule has 1 aromatic carbocycles. The highest BCUT2D eigenvalue weighted by Crippen LogP contribution is 2.15. The molecule has 1 rings (SSSR count). The first-order valence-corrected chi connectivity index (χ1v) is 4.73. The monoisotopic (exact) mass is 196 g/mol. The van der Waals surface area contributed by atoms with Gasteiger partial charge < -0.3 is 10.6 Å². The van der Waals surface area contributed by atoms with Gasteiger partial charge in [-0.15, -0.1) is 0 Å². The number of hydrogen-bond donors (Lipinski definition) is 1. The van der Waals surface area contributed by atoms with Gasteiger partial charge in [0, 0.05) is 19.0 Å². The van der Waals surface area contributed by atoms with Crippen LogP contribution in [0.2, 0.25) is 0 Å². The highest BCUT2D eigenvalue weighted by atomic mass is 19.1. The van der Waals surface area contributed by atoms with Crippen molar-refractivity contribution in [2.45, 2.75) is 5.92 Å². The summed E-state index contributed by atoms with van der Waals surface area (Å²) in [4.78, 5) is 2.08. The van der Waals surface area contributed by atoms with Crippen LogP contribution in [0.5, 0.6) is 0 Å². The first-order chi connectivity index (χ1) is 6.63. The maximum absolute atomic E-state index is 12.7. The van der Waals surface area contributed by atoms with Crippen molar-refractivity contribution in [3.8, 4) is 0 Å². The van der Waals surface area contributed by atoms with Gasteiger partial charge in [-0.05, 0) is 31.8 Å². The lowest BCUT2D eigenvalue weighted by atomic mass is 9.99. The summed E-state index contributed by atoms with van der Waals surface area (Å²) in [6, 6.07) is 6.56. The van der Waals surface area contributed by atoms with Crippen LogP contribution >= 0.6 is 0 Å². The lowest BCUT2D eigenvalue weighted by Crippen LogP contribution is -2.25. The van der Waals surface area contributed by atoms with Gasteiger partial charge in [-0.3, -0.25) is 0 Å². The largest absolute Gasteiger partial charge is 0.330 e. The Morgan fingerprint density at radius 2 is 1.86 bits per heavy atom. The normalized spacial score (nSPS) is 13.2. The van der Waals surface area contributed by atoms with Gasteiger partial charge in [0.2, 0.25) is 0 Å². The Morgan fingerprint density at radius 1 is 1.29 bits per heavy atom. The quantitative estimate of drug-likeness (QED) is 0.789. The summed E-state index contributed by atoms with van der Waals surface area (Å²) in [6.45, 7) is 1.48. The van der Waals surface area contributed by atoms with Crippen LogP contribution in [0, 0.1) is 5.82 Å². The molecule has 0 aliphatic heterocycles. The Morgan fingerprint density at radius 3 is 2.29 bits per heavy atom. The summed E-state index contributed by atoms with van der Waals surface area (Å²) in [5, 5.41) is 0. The molecular weight excluding hydrogens is 179 g/mol. The first kappa shape index (κ1) is 11.1. The van der Waals surface area contributed by atoms with Gasteiger partial charge >= 0.3 is 0 Å². The van der Waals surface area contributed by atoms with Crippen molar-refractivity contribution < 1.29 is 4.39 Å². The topological polar surface area (TPSA) is 29.3 Å². The molecule has 2 N–H and O–H groups in total. The van der Waals surface area contributed by atoms with Crippen LogP contribution in [-0.2, 0) is 0 Å². The molecule has 14 heavy (non-hydrogen) atoms. The lowest BCUT2D eigenvalue weighted by molar-refractivity contribution is 0.375. The fraction of sp³-hybridized carbons (Fsp3) is 0.455. The van der Waals surface area contributed by atoms with E-state index in [1.165, 1.54) is 12.1 Å². The Balaban J connectivity index is 2.73. The minimum absolute atomic E-state index is 0.200. The highest BCUT2D eigenvalue weighted by Gasteiger charge is 2.10. The van der Waals surface area contributed by atoms with Crippen molar-refractivity contribution in [3.63, 3.8) is 0 Å². The van der Waals surface area contributed by atoms with Gasteiger partial charge in [0.05, 0.1) is 0 Å². The number of rotatable bonds is 4. The summed E-state index contributed by atoms with van der Waals surface area (Å²) in [7, 11) is 4.01. The van der Waals surface area contributed by atoms with Gasteiger partial charge in [0.15, 0.2) is 0 Å². The van der Waals surface area contributed by atoms with Gasteiger partial charge in [-0.25, -0.2) is 4.39 Å². The second-order valence-electron chi connectivity index (χ2n) is 3.75. The molecular formula is C11H17FN2. The predicted octanol–water partition coefficient (Wildman–Crippen LogP) is 1.43. The summed E-state index contributed by atoms with van der Waals surface area (Å²) in [5.74, 6) is 0.0833. The molecule has 0 aliphatic carbocycles. The fourth-order valence-electron chi connectivity index (χ4n) is 1.49. The second-order valence-corrected chi connectivity index (χ2v) is 3.75. The second kappa shape index (κ2) is 5.08. The van der Waals surface area contributed by atoms with Crippen molar-refractivity contribution in [1.82, 2.24) is 4.90 Å².